The lowest BCUT2D eigenvalue weighted by Gasteiger charge is -2.28. The summed E-state index contributed by atoms with van der Waals surface area (Å²) < 4.78 is 0. The Hall–Kier alpha value is -2.44. The number of aromatic nitrogens is 1. The fraction of sp³-hybridized carbons (Fsp3) is 0.462. The Bertz CT molecular complexity index is 1060. The van der Waals surface area contributed by atoms with Gasteiger partial charge in [0.1, 0.15) is 0 Å². The van der Waals surface area contributed by atoms with Gasteiger partial charge in [-0.05, 0) is 75.5 Å². The van der Waals surface area contributed by atoms with Gasteiger partial charge < -0.3 is 10.2 Å². The molecule has 2 aromatic rings. The summed E-state index contributed by atoms with van der Waals surface area (Å²) in [5.41, 5.74) is 6.30. The molecule has 3 aliphatic rings. The zero-order valence-corrected chi connectivity index (χ0v) is 19.9. The number of carbonyl (C=O) groups is 1. The Morgan fingerprint density at radius 3 is 2.78 bits per heavy atom. The van der Waals surface area contributed by atoms with Crippen LogP contribution in [0.5, 0.6) is 0 Å². The van der Waals surface area contributed by atoms with Crippen LogP contribution in [-0.4, -0.2) is 53.0 Å². The molecular formula is C26H32N4OS. The molecule has 5 nitrogen and oxygen atoms in total. The van der Waals surface area contributed by atoms with Gasteiger partial charge in [-0.1, -0.05) is 12.2 Å². The van der Waals surface area contributed by atoms with Crippen LogP contribution < -0.4 is 5.32 Å². The van der Waals surface area contributed by atoms with Gasteiger partial charge in [0.15, 0.2) is 0 Å². The number of carbonyl (C=O) groups excluding carboxylic acids is 1. The van der Waals surface area contributed by atoms with E-state index >= 15 is 0 Å². The van der Waals surface area contributed by atoms with Crippen LogP contribution in [0.3, 0.4) is 0 Å². The van der Waals surface area contributed by atoms with Gasteiger partial charge in [0.2, 0.25) is 0 Å². The van der Waals surface area contributed by atoms with Gasteiger partial charge in [0.25, 0.3) is 0 Å². The van der Waals surface area contributed by atoms with E-state index in [1.54, 1.807) is 0 Å². The molecule has 1 saturated heterocycles. The van der Waals surface area contributed by atoms with E-state index in [2.05, 4.69) is 40.6 Å². The van der Waals surface area contributed by atoms with Gasteiger partial charge in [-0.3, -0.25) is 9.88 Å². The lowest BCUT2D eigenvalue weighted by Crippen LogP contribution is -2.44. The normalized spacial score (nSPS) is 18.7. The second kappa shape index (κ2) is 9.20. The second-order valence-electron chi connectivity index (χ2n) is 9.32. The summed E-state index contributed by atoms with van der Waals surface area (Å²) in [6.45, 7) is 8.95. The van der Waals surface area contributed by atoms with Crippen molar-refractivity contribution in [2.24, 2.45) is 0 Å². The van der Waals surface area contributed by atoms with Gasteiger partial charge in [-0.15, -0.1) is 11.3 Å². The highest BCUT2D eigenvalue weighted by molar-refractivity contribution is 7.15. The van der Waals surface area contributed by atoms with Crippen molar-refractivity contribution in [3.8, 4) is 10.4 Å². The third kappa shape index (κ3) is 4.52. The van der Waals surface area contributed by atoms with Crippen LogP contribution in [0, 0.1) is 0 Å². The van der Waals surface area contributed by atoms with Crippen molar-refractivity contribution in [2.75, 3.05) is 26.2 Å². The molecule has 0 bridgehead atoms. The molecule has 2 aromatic heterocycles. The molecule has 1 aliphatic carbocycles. The number of hydrogen-bond donors (Lipinski definition) is 1. The Labute approximate surface area is 194 Å². The Kier molecular flexibility index (Phi) is 6.15. The number of allylic oxidation sites excluding steroid dienone is 2. The third-order valence-electron chi connectivity index (χ3n) is 6.54. The molecule has 168 valence electrons. The summed E-state index contributed by atoms with van der Waals surface area (Å²) in [7, 11) is 0. The first-order valence-electron chi connectivity index (χ1n) is 11.8. The van der Waals surface area contributed by atoms with Gasteiger partial charge >= 0.3 is 6.03 Å². The molecular weight excluding hydrogens is 416 g/mol. The van der Waals surface area contributed by atoms with Gasteiger partial charge in [-0.25, -0.2) is 4.79 Å². The van der Waals surface area contributed by atoms with Crippen LogP contribution in [0.1, 0.15) is 49.2 Å². The number of nitrogens with one attached hydrogen (secondary N) is 1. The van der Waals surface area contributed by atoms with E-state index in [9.17, 15) is 4.79 Å². The molecule has 1 N–H and O–H groups in total. The molecule has 0 unspecified atom stereocenters. The summed E-state index contributed by atoms with van der Waals surface area (Å²) in [6.07, 6.45) is 11.0. The number of fused-ring (bicyclic) bond motifs is 1. The summed E-state index contributed by atoms with van der Waals surface area (Å²) in [5, 5.41) is 2.99. The van der Waals surface area contributed by atoms with Crippen molar-refractivity contribution in [1.29, 1.82) is 0 Å². The molecule has 0 saturated carbocycles. The van der Waals surface area contributed by atoms with Gasteiger partial charge in [0.05, 0.1) is 5.69 Å². The number of hydrogen-bond acceptors (Lipinski definition) is 4. The standard InChI is InChI=1S/C26H32N4OS/c1-18(2)28-26(31)30-13-9-19(10-14-30)22-6-7-24-23(22)15-20(16-27-24)25-8-5-21(32-25)17-29-11-3-4-12-29/h5-6,8-9,15-16,18H,3-4,7,10-14,17H2,1-2H3,(H,28,31). The molecule has 1 fully saturated rings. The molecule has 0 aromatic carbocycles. The number of thiophene rings is 1. The van der Waals surface area contributed by atoms with Crippen LogP contribution in [-0.2, 0) is 13.0 Å². The number of nitrogens with zero attached hydrogens (tertiary/aromatic N) is 3. The predicted molar refractivity (Wildman–Crippen MR) is 132 cm³/mol. The molecule has 2 aliphatic heterocycles. The summed E-state index contributed by atoms with van der Waals surface area (Å²) in [5.74, 6) is 0. The number of pyridine rings is 1. The van der Waals surface area contributed by atoms with Crippen LogP contribution in [0.4, 0.5) is 4.79 Å². The van der Waals surface area contributed by atoms with E-state index in [0.29, 0.717) is 6.54 Å². The van der Waals surface area contributed by atoms with E-state index < -0.39 is 0 Å². The molecule has 2 amide bonds. The zero-order chi connectivity index (χ0) is 22.1. The molecule has 6 heteroatoms. The van der Waals surface area contributed by atoms with Crippen LogP contribution in [0.2, 0.25) is 0 Å². The molecule has 0 atom stereocenters. The second-order valence-corrected chi connectivity index (χ2v) is 10.5. The minimum Gasteiger partial charge on any atom is -0.336 e. The van der Waals surface area contributed by atoms with Crippen molar-refractivity contribution in [3.05, 3.63) is 58.3 Å². The largest absolute Gasteiger partial charge is 0.336 e. The highest BCUT2D eigenvalue weighted by Crippen LogP contribution is 2.38. The van der Waals surface area contributed by atoms with Crippen molar-refractivity contribution in [3.63, 3.8) is 0 Å². The quantitative estimate of drug-likeness (QED) is 0.693. The lowest BCUT2D eigenvalue weighted by molar-refractivity contribution is 0.199. The van der Waals surface area contributed by atoms with Crippen LogP contribution in [0.25, 0.3) is 16.0 Å². The average Bonchev–Trinajstić information content (AvgIpc) is 3.54. The monoisotopic (exact) mass is 448 g/mol. The van der Waals surface area contributed by atoms with Gasteiger partial charge in [-0.2, -0.15) is 0 Å². The number of rotatable bonds is 5. The van der Waals surface area contributed by atoms with Crippen molar-refractivity contribution in [1.82, 2.24) is 20.1 Å². The molecule has 32 heavy (non-hydrogen) atoms. The van der Waals surface area contributed by atoms with Gasteiger partial charge in [0, 0.05) is 59.2 Å². The smallest absolute Gasteiger partial charge is 0.317 e. The van der Waals surface area contributed by atoms with Crippen molar-refractivity contribution in [2.45, 2.75) is 52.1 Å². The number of amides is 2. The predicted octanol–water partition coefficient (Wildman–Crippen LogP) is 5.10. The molecule has 0 radical (unpaired) electrons. The van der Waals surface area contributed by atoms with Crippen molar-refractivity contribution >= 4 is 22.9 Å². The Morgan fingerprint density at radius 2 is 2.03 bits per heavy atom. The minimum absolute atomic E-state index is 0.0301. The Morgan fingerprint density at radius 1 is 1.19 bits per heavy atom. The molecule has 4 heterocycles. The zero-order valence-electron chi connectivity index (χ0n) is 19.1. The minimum atomic E-state index is 0.0301. The fourth-order valence-electron chi connectivity index (χ4n) is 4.85. The highest BCUT2D eigenvalue weighted by atomic mass is 32.1. The summed E-state index contributed by atoms with van der Waals surface area (Å²) in [4.78, 5) is 24.3. The maximum Gasteiger partial charge on any atom is 0.317 e. The average molecular weight is 449 g/mol. The van der Waals surface area contributed by atoms with E-state index in [-0.39, 0.29) is 12.1 Å². The van der Waals surface area contributed by atoms with Crippen LogP contribution in [0.15, 0.2) is 42.1 Å². The SMILES string of the molecule is CC(C)NC(=O)N1CC=C(C2=CCc3ncc(-c4ccc(CN5CCCC5)s4)cc32)CC1. The summed E-state index contributed by atoms with van der Waals surface area (Å²) >= 11 is 1.90. The Balaban J connectivity index is 1.30. The first kappa shape index (κ1) is 21.4. The molecule has 0 spiro atoms. The first-order valence-corrected chi connectivity index (χ1v) is 12.6. The van der Waals surface area contributed by atoms with Crippen LogP contribution >= 0.6 is 11.3 Å². The third-order valence-corrected chi connectivity index (χ3v) is 7.66. The maximum atomic E-state index is 12.3. The van der Waals surface area contributed by atoms with E-state index in [0.717, 1.165) is 25.9 Å². The fourth-order valence-corrected chi connectivity index (χ4v) is 5.88. The first-order chi connectivity index (χ1) is 15.6. The topological polar surface area (TPSA) is 48.5 Å². The number of urea groups is 1. The van der Waals surface area contributed by atoms with Crippen molar-refractivity contribution < 1.29 is 4.79 Å². The lowest BCUT2D eigenvalue weighted by atomic mass is 9.95. The van der Waals surface area contributed by atoms with E-state index in [1.807, 2.05) is 36.3 Å². The number of likely N-dealkylation sites (tertiary alicyclic amines) is 1. The maximum absolute atomic E-state index is 12.3. The highest BCUT2D eigenvalue weighted by Gasteiger charge is 2.24. The van der Waals surface area contributed by atoms with E-state index in [1.165, 1.54) is 63.7 Å². The summed E-state index contributed by atoms with van der Waals surface area (Å²) in [6, 6.07) is 7.05. The van der Waals surface area contributed by atoms with E-state index in [4.69, 9.17) is 4.98 Å². The molecule has 5 rings (SSSR count).